The van der Waals surface area contributed by atoms with Crippen LogP contribution in [-0.4, -0.2) is 100 Å². The van der Waals surface area contributed by atoms with Crippen LogP contribution in [0.2, 0.25) is 0 Å². The van der Waals surface area contributed by atoms with E-state index in [1.54, 1.807) is 48.7 Å². The van der Waals surface area contributed by atoms with Gasteiger partial charge < -0.3 is 30.2 Å². The van der Waals surface area contributed by atoms with Gasteiger partial charge in [0.2, 0.25) is 5.95 Å². The molecule has 16 heteroatoms. The van der Waals surface area contributed by atoms with Gasteiger partial charge in [-0.1, -0.05) is 0 Å². The normalized spacial score (nSPS) is 17.2. The molecule has 2 aliphatic heterocycles. The second-order valence-corrected chi connectivity index (χ2v) is 14.9. The van der Waals surface area contributed by atoms with Crippen molar-refractivity contribution in [1.29, 1.82) is 0 Å². The number of nitrogens with zero attached hydrogens (tertiary/aromatic N) is 5. The van der Waals surface area contributed by atoms with Gasteiger partial charge in [0.05, 0.1) is 11.1 Å². The van der Waals surface area contributed by atoms with Crippen molar-refractivity contribution in [3.8, 4) is 0 Å². The summed E-state index contributed by atoms with van der Waals surface area (Å²) < 4.78 is 53.9. The molecule has 2 fully saturated rings. The lowest BCUT2D eigenvalue weighted by molar-refractivity contribution is 0.133. The Labute approximate surface area is 263 Å². The smallest absolute Gasteiger partial charge is 0.326 e. The molecule has 0 unspecified atom stereocenters. The van der Waals surface area contributed by atoms with E-state index in [2.05, 4.69) is 30.9 Å². The predicted molar refractivity (Wildman–Crippen MR) is 171 cm³/mol. The number of nitrogens with one attached hydrogen (secondary N) is 3. The van der Waals surface area contributed by atoms with Gasteiger partial charge in [-0.25, -0.2) is 23.2 Å². The monoisotopic (exact) mass is 662 g/mol. The number of likely N-dealkylation sites (tertiary alicyclic amines) is 2. The molecule has 45 heavy (non-hydrogen) atoms. The Morgan fingerprint density at radius 1 is 0.889 bits per heavy atom. The van der Waals surface area contributed by atoms with Crippen molar-refractivity contribution in [3.05, 3.63) is 66.6 Å². The number of aromatic nitrogens is 2. The van der Waals surface area contributed by atoms with E-state index in [9.17, 15) is 27.2 Å². The standard InChI is InChI=1S/C29H40FN8O5PS/c30-23-3-5-24(6-4-23)33-28-11-14-31-29(35-28)34-25-7-9-27(10-8-25)45(42,43)38(32-15-20-36-16-1-2-17-36)26-12-18-37(19-13-26)21-22-44(39,40)41/h3-11,14,26,32H,1-2,12-13,15-22H2,(H2,39,40,41)(H2,31,33,34,35). The summed E-state index contributed by atoms with van der Waals surface area (Å²) in [6, 6.07) is 13.7. The number of hydrogen-bond donors (Lipinski definition) is 5. The molecule has 3 heterocycles. The quantitative estimate of drug-likeness (QED) is 0.127. The Kier molecular flexibility index (Phi) is 11.2. The predicted octanol–water partition coefficient (Wildman–Crippen LogP) is 3.34. The van der Waals surface area contributed by atoms with Crippen molar-refractivity contribution in [2.24, 2.45) is 0 Å². The molecule has 1 aromatic heterocycles. The Hall–Kier alpha value is -3.01. The molecular formula is C29H40FN8O5PS. The minimum atomic E-state index is -4.10. The van der Waals surface area contributed by atoms with Gasteiger partial charge in [0.1, 0.15) is 11.6 Å². The van der Waals surface area contributed by atoms with E-state index in [0.29, 0.717) is 55.6 Å². The van der Waals surface area contributed by atoms with E-state index in [-0.39, 0.29) is 29.5 Å². The third-order valence-corrected chi connectivity index (χ3v) is 10.5. The fraction of sp³-hybridized carbons (Fsp3) is 0.448. The van der Waals surface area contributed by atoms with Crippen molar-refractivity contribution in [3.63, 3.8) is 0 Å². The van der Waals surface area contributed by atoms with Crippen LogP contribution in [0.25, 0.3) is 0 Å². The molecular weight excluding hydrogens is 622 g/mol. The largest absolute Gasteiger partial charge is 0.340 e. The summed E-state index contributed by atoms with van der Waals surface area (Å²) in [6.07, 6.45) is 4.73. The fourth-order valence-corrected chi connectivity index (χ4v) is 7.62. The van der Waals surface area contributed by atoms with Crippen LogP contribution in [0.3, 0.4) is 0 Å². The molecule has 0 atom stereocenters. The highest BCUT2D eigenvalue weighted by molar-refractivity contribution is 7.89. The highest BCUT2D eigenvalue weighted by Crippen LogP contribution is 2.34. The van der Waals surface area contributed by atoms with E-state index < -0.39 is 17.6 Å². The minimum Gasteiger partial charge on any atom is -0.340 e. The Bertz CT molecular complexity index is 1550. The molecule has 2 saturated heterocycles. The molecule has 0 bridgehead atoms. The molecule has 0 radical (unpaired) electrons. The zero-order valence-corrected chi connectivity index (χ0v) is 26.6. The molecule has 5 rings (SSSR count). The number of halogens is 1. The SMILES string of the molecule is O=P(O)(O)CCN1CCC(N(NCCN2CCCC2)S(=O)(=O)c2ccc(Nc3nccc(Nc4ccc(F)cc4)n3)cc2)CC1. The first-order chi connectivity index (χ1) is 21.5. The highest BCUT2D eigenvalue weighted by atomic mass is 32.2. The van der Waals surface area contributed by atoms with Crippen LogP contribution >= 0.6 is 7.60 Å². The van der Waals surface area contributed by atoms with Crippen molar-refractivity contribution in [1.82, 2.24) is 29.6 Å². The first-order valence-corrected chi connectivity index (χ1v) is 18.3. The van der Waals surface area contributed by atoms with E-state index in [0.717, 1.165) is 32.5 Å². The van der Waals surface area contributed by atoms with E-state index in [1.807, 2.05) is 4.90 Å². The summed E-state index contributed by atoms with van der Waals surface area (Å²) in [6.45, 7) is 4.61. The van der Waals surface area contributed by atoms with Crippen molar-refractivity contribution < 1.29 is 27.2 Å². The molecule has 0 saturated carbocycles. The van der Waals surface area contributed by atoms with E-state index >= 15 is 0 Å². The van der Waals surface area contributed by atoms with Gasteiger partial charge in [-0.15, -0.1) is 4.41 Å². The van der Waals surface area contributed by atoms with Crippen LogP contribution < -0.4 is 16.1 Å². The van der Waals surface area contributed by atoms with Crippen LogP contribution in [0.15, 0.2) is 65.7 Å². The maximum absolute atomic E-state index is 14.0. The lowest BCUT2D eigenvalue weighted by Gasteiger charge is -2.38. The minimum absolute atomic E-state index is 0.137. The zero-order valence-electron chi connectivity index (χ0n) is 24.9. The van der Waals surface area contributed by atoms with Crippen LogP contribution in [0, 0.1) is 5.82 Å². The van der Waals surface area contributed by atoms with Crippen LogP contribution in [0.4, 0.5) is 27.5 Å². The van der Waals surface area contributed by atoms with Crippen LogP contribution in [-0.2, 0) is 14.6 Å². The second-order valence-electron chi connectivity index (χ2n) is 11.3. The maximum atomic E-state index is 14.0. The van der Waals surface area contributed by atoms with Crippen LogP contribution in [0.5, 0.6) is 0 Å². The molecule has 244 valence electrons. The number of hydrogen-bond acceptors (Lipinski definition) is 10. The third kappa shape index (κ3) is 9.74. The van der Waals surface area contributed by atoms with Crippen molar-refractivity contribution >= 4 is 40.8 Å². The maximum Gasteiger partial charge on any atom is 0.326 e. The second kappa shape index (κ2) is 15.1. The first kappa shape index (κ1) is 33.4. The third-order valence-electron chi connectivity index (χ3n) is 7.93. The Balaban J connectivity index is 1.25. The summed E-state index contributed by atoms with van der Waals surface area (Å²) in [4.78, 5) is 31.6. The zero-order chi connectivity index (χ0) is 31.9. The molecule has 0 spiro atoms. The fourth-order valence-electron chi connectivity index (χ4n) is 5.51. The average molecular weight is 663 g/mol. The average Bonchev–Trinajstić information content (AvgIpc) is 3.54. The van der Waals surface area contributed by atoms with Crippen molar-refractivity contribution in [2.75, 3.05) is 62.6 Å². The molecule has 0 amide bonds. The number of benzene rings is 2. The number of hydrazine groups is 1. The van der Waals surface area contributed by atoms with E-state index in [1.165, 1.54) is 16.5 Å². The number of piperidine rings is 1. The van der Waals surface area contributed by atoms with Gasteiger partial charge in [-0.05, 0) is 106 Å². The molecule has 2 aromatic carbocycles. The molecule has 5 N–H and O–H groups in total. The van der Waals surface area contributed by atoms with Gasteiger partial charge >= 0.3 is 7.60 Å². The van der Waals surface area contributed by atoms with Crippen LogP contribution in [0.1, 0.15) is 25.7 Å². The summed E-state index contributed by atoms with van der Waals surface area (Å²) >= 11 is 0. The van der Waals surface area contributed by atoms with Gasteiger partial charge in [0.25, 0.3) is 10.0 Å². The van der Waals surface area contributed by atoms with E-state index in [4.69, 9.17) is 0 Å². The van der Waals surface area contributed by atoms with Gasteiger partial charge in [-0.3, -0.25) is 4.57 Å². The lowest BCUT2D eigenvalue weighted by Crippen LogP contribution is -2.54. The number of rotatable bonds is 14. The highest BCUT2D eigenvalue weighted by Gasteiger charge is 2.34. The topological polar surface area (TPSA) is 163 Å². The Morgan fingerprint density at radius 3 is 2.18 bits per heavy atom. The van der Waals surface area contributed by atoms with Gasteiger partial charge in [0.15, 0.2) is 0 Å². The molecule has 13 nitrogen and oxygen atoms in total. The van der Waals surface area contributed by atoms with Crippen molar-refractivity contribution in [2.45, 2.75) is 36.6 Å². The van der Waals surface area contributed by atoms with Gasteiger partial charge in [0, 0.05) is 43.2 Å². The molecule has 0 aliphatic carbocycles. The van der Waals surface area contributed by atoms with Gasteiger partial charge in [-0.2, -0.15) is 4.98 Å². The lowest BCUT2D eigenvalue weighted by atomic mass is 10.1. The number of anilines is 4. The Morgan fingerprint density at radius 2 is 1.51 bits per heavy atom. The summed E-state index contributed by atoms with van der Waals surface area (Å²) in [5, 5.41) is 6.18. The summed E-state index contributed by atoms with van der Waals surface area (Å²) in [7, 11) is -8.02. The summed E-state index contributed by atoms with van der Waals surface area (Å²) in [5.41, 5.74) is 4.47. The number of sulfonamides is 1. The molecule has 3 aromatic rings. The molecule has 2 aliphatic rings. The first-order valence-electron chi connectivity index (χ1n) is 15.1. The summed E-state index contributed by atoms with van der Waals surface area (Å²) in [5.74, 6) is 0.466.